The number of alkyl halides is 1. The van der Waals surface area contributed by atoms with Gasteiger partial charge in [0.25, 0.3) is 0 Å². The maximum Gasteiger partial charge on any atom is 0.247 e. The summed E-state index contributed by atoms with van der Waals surface area (Å²) in [4.78, 5) is 47.4. The molecule has 3 heterocycles. The molecule has 2 bridgehead atoms. The van der Waals surface area contributed by atoms with Gasteiger partial charge in [-0.15, -0.1) is 24.9 Å². The molecule has 3 aliphatic heterocycles. The number of thioether (sulfide) groups is 1. The van der Waals surface area contributed by atoms with Gasteiger partial charge < -0.3 is 19.8 Å². The van der Waals surface area contributed by atoms with E-state index in [2.05, 4.69) is 49.9 Å². The lowest BCUT2D eigenvalue weighted by atomic mass is 9.70. The smallest absolute Gasteiger partial charge is 0.247 e. The molecular weight excluding hydrogens is 542 g/mol. The number of likely N-dealkylation sites (N-methyl/N-ethyl adjacent to an activating group) is 1. The highest BCUT2D eigenvalue weighted by Gasteiger charge is 2.76. The van der Waals surface area contributed by atoms with Crippen molar-refractivity contribution in [2.45, 2.75) is 73.4 Å². The second-order valence-electron chi connectivity index (χ2n) is 10.8. The molecule has 36 heavy (non-hydrogen) atoms. The Labute approximate surface area is 228 Å². The van der Waals surface area contributed by atoms with E-state index in [1.807, 2.05) is 0 Å². The molecule has 3 aliphatic rings. The van der Waals surface area contributed by atoms with Gasteiger partial charge in [0, 0.05) is 36.8 Å². The van der Waals surface area contributed by atoms with Gasteiger partial charge in [-0.2, -0.15) is 0 Å². The summed E-state index contributed by atoms with van der Waals surface area (Å²) in [6, 6.07) is -1.20. The molecule has 0 aromatic rings. The molecule has 3 amide bonds. The Bertz CT molecular complexity index is 870. The number of halogens is 1. The summed E-state index contributed by atoms with van der Waals surface area (Å²) in [6.07, 6.45) is 6.43. The molecule has 0 saturated carbocycles. The summed E-state index contributed by atoms with van der Waals surface area (Å²) >= 11 is 5.45. The number of hydrogen-bond acceptors (Lipinski definition) is 5. The van der Waals surface area contributed by atoms with Gasteiger partial charge in [0.15, 0.2) is 0 Å². The van der Waals surface area contributed by atoms with Crippen molar-refractivity contribution in [2.75, 3.05) is 33.3 Å². The van der Waals surface area contributed by atoms with E-state index in [9.17, 15) is 19.5 Å². The van der Waals surface area contributed by atoms with E-state index in [1.165, 1.54) is 0 Å². The maximum atomic E-state index is 14.3. The number of rotatable bonds is 13. The lowest BCUT2D eigenvalue weighted by Gasteiger charge is -2.40. The lowest BCUT2D eigenvalue weighted by molar-refractivity contribution is -0.147. The molecule has 3 fully saturated rings. The van der Waals surface area contributed by atoms with E-state index in [4.69, 9.17) is 0 Å². The van der Waals surface area contributed by atoms with Crippen LogP contribution in [0.25, 0.3) is 0 Å². The fourth-order valence-corrected chi connectivity index (χ4v) is 9.94. The molecule has 7 nitrogen and oxygen atoms in total. The van der Waals surface area contributed by atoms with Gasteiger partial charge in [-0.1, -0.05) is 55.3 Å². The van der Waals surface area contributed by atoms with E-state index in [-0.39, 0.29) is 40.3 Å². The average molecular weight is 585 g/mol. The minimum absolute atomic E-state index is 0.0223. The first-order valence-corrected chi connectivity index (χ1v) is 14.9. The van der Waals surface area contributed by atoms with Crippen molar-refractivity contribution in [1.82, 2.24) is 14.7 Å². The number of fused-ring (bicyclic) bond motifs is 1. The number of nitrogens with zero attached hydrogens (tertiary/aromatic N) is 3. The Hall–Kier alpha value is -1.32. The molecule has 3 saturated heterocycles. The Morgan fingerprint density at radius 2 is 1.94 bits per heavy atom. The van der Waals surface area contributed by atoms with Gasteiger partial charge in [-0.25, -0.2) is 0 Å². The first-order valence-electron chi connectivity index (χ1n) is 13.1. The maximum absolute atomic E-state index is 14.3. The summed E-state index contributed by atoms with van der Waals surface area (Å²) in [7, 11) is 1.74. The molecule has 9 heteroatoms. The molecule has 202 valence electrons. The van der Waals surface area contributed by atoms with Crippen LogP contribution in [0.3, 0.4) is 0 Å². The van der Waals surface area contributed by atoms with Crippen molar-refractivity contribution in [1.29, 1.82) is 0 Å². The van der Waals surface area contributed by atoms with Gasteiger partial charge in [0.2, 0.25) is 17.7 Å². The Morgan fingerprint density at radius 3 is 2.50 bits per heavy atom. The van der Waals surface area contributed by atoms with Crippen molar-refractivity contribution in [3.63, 3.8) is 0 Å². The van der Waals surface area contributed by atoms with Gasteiger partial charge >= 0.3 is 0 Å². The van der Waals surface area contributed by atoms with E-state index in [0.717, 1.165) is 12.8 Å². The number of aliphatic hydroxyl groups is 1. The number of carbonyl (C=O) groups excluding carboxylic acids is 3. The molecule has 1 N–H and O–H groups in total. The zero-order valence-electron chi connectivity index (χ0n) is 22.1. The number of hydrogen-bond donors (Lipinski definition) is 1. The predicted molar refractivity (Wildman–Crippen MR) is 149 cm³/mol. The Morgan fingerprint density at radius 1 is 1.28 bits per heavy atom. The monoisotopic (exact) mass is 583 g/mol. The quantitative estimate of drug-likeness (QED) is 0.266. The molecule has 3 rings (SSSR count). The van der Waals surface area contributed by atoms with Crippen LogP contribution in [-0.2, 0) is 14.4 Å². The van der Waals surface area contributed by atoms with E-state index >= 15 is 0 Å². The molecule has 0 aromatic heterocycles. The number of unbranched alkanes of at least 4 members (excludes halogenated alkanes) is 1. The van der Waals surface area contributed by atoms with Crippen molar-refractivity contribution in [3.05, 3.63) is 25.3 Å². The highest BCUT2D eigenvalue weighted by Crippen LogP contribution is 2.68. The van der Waals surface area contributed by atoms with Crippen molar-refractivity contribution >= 4 is 45.4 Å². The number of aliphatic hydroxyl groups excluding tert-OH is 1. The highest BCUT2D eigenvalue weighted by molar-refractivity contribution is 9.09. The fourth-order valence-electron chi connectivity index (χ4n) is 6.35. The first kappa shape index (κ1) is 29.2. The van der Waals surface area contributed by atoms with Gasteiger partial charge in [0.1, 0.15) is 6.04 Å². The SMILES string of the molecule is C=CCN(C)C(=O)[C@H]1[C@@H]2SC3(CC2Br)C(C(=O)N(CC=C)CCCC)N([C@@H](CO)CC(C)C)C(=O)[C@H]13. The van der Waals surface area contributed by atoms with Gasteiger partial charge in [-0.3, -0.25) is 14.4 Å². The number of carbonyl (C=O) groups is 3. The summed E-state index contributed by atoms with van der Waals surface area (Å²) in [5, 5.41) is 10.3. The Kier molecular flexibility index (Phi) is 9.77. The average Bonchev–Trinajstić information content (AvgIpc) is 3.42. The predicted octanol–water partition coefficient (Wildman–Crippen LogP) is 3.32. The molecule has 3 unspecified atom stereocenters. The van der Waals surface area contributed by atoms with Crippen molar-refractivity contribution in [2.24, 2.45) is 17.8 Å². The molecule has 0 radical (unpaired) electrons. The van der Waals surface area contributed by atoms with Crippen LogP contribution in [0.15, 0.2) is 25.3 Å². The molecular formula is C27H42BrN3O4S. The topological polar surface area (TPSA) is 81.2 Å². The third kappa shape index (κ3) is 5.04. The molecule has 0 aromatic carbocycles. The zero-order chi connectivity index (χ0) is 26.8. The van der Waals surface area contributed by atoms with Crippen LogP contribution in [0.2, 0.25) is 0 Å². The fraction of sp³-hybridized carbons (Fsp3) is 0.741. The largest absolute Gasteiger partial charge is 0.394 e. The van der Waals surface area contributed by atoms with Crippen LogP contribution >= 0.6 is 27.7 Å². The van der Waals surface area contributed by atoms with Gasteiger partial charge in [-0.05, 0) is 25.2 Å². The third-order valence-electron chi connectivity index (χ3n) is 7.82. The summed E-state index contributed by atoms with van der Waals surface area (Å²) in [5.74, 6) is -1.22. The van der Waals surface area contributed by atoms with Crippen LogP contribution in [-0.4, -0.2) is 97.7 Å². The van der Waals surface area contributed by atoms with Crippen molar-refractivity contribution in [3.8, 4) is 0 Å². The summed E-state index contributed by atoms with van der Waals surface area (Å²) in [6.45, 7) is 15.0. The summed E-state index contributed by atoms with van der Waals surface area (Å²) in [5.41, 5.74) is 0. The second-order valence-corrected chi connectivity index (χ2v) is 13.5. The van der Waals surface area contributed by atoms with E-state index in [0.29, 0.717) is 32.5 Å². The van der Waals surface area contributed by atoms with Gasteiger partial charge in [0.05, 0.1) is 29.2 Å². The second kappa shape index (κ2) is 12.0. The van der Waals surface area contributed by atoms with Crippen LogP contribution in [0.4, 0.5) is 0 Å². The number of likely N-dealkylation sites (tertiary alicyclic amines) is 1. The van der Waals surface area contributed by atoms with E-state index < -0.39 is 28.7 Å². The standard InChI is InChI=1S/C27H42BrN3O4S/c1-7-10-13-30(12-9-3)26(35)23-27-15-19(28)22(36-27)20(24(33)29(6)11-8-2)21(27)25(34)31(23)18(16-32)14-17(4)5/h8-9,17-23,32H,2-3,7,10-16H2,1,4-6H3/t18-,19?,20-,21+,22-,23?,27?/m1/s1. The van der Waals surface area contributed by atoms with Crippen molar-refractivity contribution < 1.29 is 19.5 Å². The molecule has 0 aliphatic carbocycles. The van der Waals surface area contributed by atoms with Crippen LogP contribution < -0.4 is 0 Å². The molecule has 1 spiro atoms. The first-order chi connectivity index (χ1) is 17.1. The highest BCUT2D eigenvalue weighted by atomic mass is 79.9. The normalized spacial score (nSPS) is 31.5. The minimum atomic E-state index is -0.722. The van der Waals surface area contributed by atoms with E-state index in [1.54, 1.807) is 45.7 Å². The molecule has 7 atom stereocenters. The zero-order valence-corrected chi connectivity index (χ0v) is 24.5. The van der Waals surface area contributed by atoms with Crippen LogP contribution in [0.5, 0.6) is 0 Å². The third-order valence-corrected chi connectivity index (χ3v) is 11.0. The lowest BCUT2D eigenvalue weighted by Crippen LogP contribution is -2.58. The van der Waals surface area contributed by atoms with Crippen LogP contribution in [0.1, 0.15) is 46.5 Å². The van der Waals surface area contributed by atoms with Crippen LogP contribution in [0, 0.1) is 17.8 Å². The Balaban J connectivity index is 2.12. The minimum Gasteiger partial charge on any atom is -0.394 e. The number of amides is 3. The summed E-state index contributed by atoms with van der Waals surface area (Å²) < 4.78 is -0.710.